The summed E-state index contributed by atoms with van der Waals surface area (Å²) in [4.78, 5) is 23.0. The molecule has 1 aliphatic rings. The maximum absolute atomic E-state index is 12.2. The van der Waals surface area contributed by atoms with Crippen molar-refractivity contribution in [2.75, 3.05) is 13.7 Å². The van der Waals surface area contributed by atoms with Gasteiger partial charge in [-0.05, 0) is 36.6 Å². The van der Waals surface area contributed by atoms with E-state index in [1.807, 2.05) is 6.07 Å². The summed E-state index contributed by atoms with van der Waals surface area (Å²) in [6.07, 6.45) is 5.58. The van der Waals surface area contributed by atoms with Crippen LogP contribution in [-0.4, -0.2) is 31.6 Å². The van der Waals surface area contributed by atoms with Crippen molar-refractivity contribution in [2.45, 2.75) is 31.7 Å². The summed E-state index contributed by atoms with van der Waals surface area (Å²) in [5, 5.41) is 12.2. The Morgan fingerprint density at radius 2 is 2.08 bits per heavy atom. The van der Waals surface area contributed by atoms with Crippen LogP contribution < -0.4 is 20.5 Å². The smallest absolute Gasteiger partial charge is 0.262 e. The fourth-order valence-corrected chi connectivity index (χ4v) is 2.69. The van der Waals surface area contributed by atoms with Gasteiger partial charge in [-0.1, -0.05) is 18.9 Å². The second kappa shape index (κ2) is 8.73. The minimum Gasteiger partial charge on any atom is -0.493 e. The van der Waals surface area contributed by atoms with Gasteiger partial charge in [-0.25, -0.2) is 0 Å². The zero-order valence-electron chi connectivity index (χ0n) is 14.1. The monoisotopic (exact) mass is 343 g/mol. The lowest BCUT2D eigenvalue weighted by Gasteiger charge is -2.12. The number of benzene rings is 1. The Morgan fingerprint density at radius 1 is 1.36 bits per heavy atom. The highest BCUT2D eigenvalue weighted by Crippen LogP contribution is 2.29. The van der Waals surface area contributed by atoms with Crippen molar-refractivity contribution >= 4 is 17.9 Å². The van der Waals surface area contributed by atoms with E-state index in [2.05, 4.69) is 5.32 Å². The van der Waals surface area contributed by atoms with E-state index in [4.69, 9.17) is 15.2 Å². The van der Waals surface area contributed by atoms with Gasteiger partial charge in [-0.2, -0.15) is 5.26 Å². The van der Waals surface area contributed by atoms with Crippen molar-refractivity contribution < 1.29 is 19.1 Å². The molecule has 0 heterocycles. The first-order chi connectivity index (χ1) is 12.0. The Labute approximate surface area is 146 Å². The Balaban J connectivity index is 2.14. The lowest BCUT2D eigenvalue weighted by atomic mass is 10.1. The Morgan fingerprint density at radius 3 is 2.68 bits per heavy atom. The maximum Gasteiger partial charge on any atom is 0.262 e. The highest BCUT2D eigenvalue weighted by Gasteiger charge is 2.19. The van der Waals surface area contributed by atoms with E-state index in [0.717, 1.165) is 25.7 Å². The molecule has 7 nitrogen and oxygen atoms in total. The first kappa shape index (κ1) is 18.3. The summed E-state index contributed by atoms with van der Waals surface area (Å²) < 4.78 is 10.5. The number of methoxy groups -OCH3 is 1. The predicted octanol–water partition coefficient (Wildman–Crippen LogP) is 1.53. The van der Waals surface area contributed by atoms with Crippen molar-refractivity contribution in [3.05, 3.63) is 29.3 Å². The number of nitrogens with two attached hydrogens (primary N) is 1. The van der Waals surface area contributed by atoms with Crippen molar-refractivity contribution in [2.24, 2.45) is 5.73 Å². The second-order valence-electron chi connectivity index (χ2n) is 5.79. The molecule has 3 N–H and O–H groups in total. The highest BCUT2D eigenvalue weighted by atomic mass is 16.5. The molecule has 0 radical (unpaired) electrons. The van der Waals surface area contributed by atoms with Gasteiger partial charge in [0.1, 0.15) is 11.6 Å². The number of hydrogen-bond donors (Lipinski definition) is 2. The van der Waals surface area contributed by atoms with Gasteiger partial charge in [0, 0.05) is 6.04 Å². The molecular weight excluding hydrogens is 322 g/mol. The summed E-state index contributed by atoms with van der Waals surface area (Å²) in [6.45, 7) is -0.265. The summed E-state index contributed by atoms with van der Waals surface area (Å²) in [6, 6.07) is 6.96. The van der Waals surface area contributed by atoms with E-state index in [1.165, 1.54) is 13.2 Å². The van der Waals surface area contributed by atoms with Crippen LogP contribution in [0.15, 0.2) is 23.8 Å². The topological polar surface area (TPSA) is 114 Å². The summed E-state index contributed by atoms with van der Waals surface area (Å²) >= 11 is 0. The number of primary amides is 1. The number of hydrogen-bond acceptors (Lipinski definition) is 5. The van der Waals surface area contributed by atoms with Crippen LogP contribution in [0.5, 0.6) is 11.5 Å². The molecule has 25 heavy (non-hydrogen) atoms. The molecule has 0 bridgehead atoms. The molecule has 0 spiro atoms. The van der Waals surface area contributed by atoms with E-state index in [-0.39, 0.29) is 24.1 Å². The molecule has 0 atom stereocenters. The molecule has 0 aromatic heterocycles. The van der Waals surface area contributed by atoms with Crippen LogP contribution in [0.2, 0.25) is 0 Å². The molecule has 0 aliphatic heterocycles. The molecule has 1 aliphatic carbocycles. The number of nitriles is 1. The van der Waals surface area contributed by atoms with Crippen molar-refractivity contribution in [1.29, 1.82) is 5.26 Å². The molecule has 0 unspecified atom stereocenters. The molecule has 2 rings (SSSR count). The van der Waals surface area contributed by atoms with Crippen LogP contribution in [0.1, 0.15) is 31.2 Å². The van der Waals surface area contributed by atoms with Crippen molar-refractivity contribution in [3.8, 4) is 17.6 Å². The zero-order chi connectivity index (χ0) is 18.2. The first-order valence-electron chi connectivity index (χ1n) is 8.05. The fraction of sp³-hybridized carbons (Fsp3) is 0.389. The number of carbonyl (C=O) groups excluding carboxylic acids is 2. The Bertz CT molecular complexity index is 716. The van der Waals surface area contributed by atoms with Gasteiger partial charge < -0.3 is 20.5 Å². The number of rotatable bonds is 7. The molecule has 132 valence electrons. The number of amides is 2. The lowest BCUT2D eigenvalue weighted by molar-refractivity contribution is -0.120. The minimum atomic E-state index is -0.596. The third-order valence-corrected chi connectivity index (χ3v) is 3.92. The van der Waals surface area contributed by atoms with Crippen molar-refractivity contribution in [1.82, 2.24) is 5.32 Å². The quantitative estimate of drug-likeness (QED) is 0.575. The number of nitrogens with one attached hydrogen (secondary N) is 1. The number of ether oxygens (including phenoxy) is 2. The van der Waals surface area contributed by atoms with Crippen LogP contribution in [0.25, 0.3) is 6.08 Å². The summed E-state index contributed by atoms with van der Waals surface area (Å²) in [5.41, 5.74) is 5.69. The second-order valence-corrected chi connectivity index (χ2v) is 5.79. The van der Waals surface area contributed by atoms with Crippen LogP contribution in [0.4, 0.5) is 0 Å². The van der Waals surface area contributed by atoms with E-state index in [0.29, 0.717) is 17.1 Å². The zero-order valence-corrected chi connectivity index (χ0v) is 14.1. The minimum absolute atomic E-state index is 0.0276. The summed E-state index contributed by atoms with van der Waals surface area (Å²) in [5.74, 6) is -0.236. The van der Waals surface area contributed by atoms with Gasteiger partial charge in [0.25, 0.3) is 11.8 Å². The molecule has 0 saturated heterocycles. The van der Waals surface area contributed by atoms with Gasteiger partial charge in [0.2, 0.25) is 0 Å². The SMILES string of the molecule is COc1cc(/C=C(/C#N)C(=O)NC2CCCC2)ccc1OCC(N)=O. The average molecular weight is 343 g/mol. The van der Waals surface area contributed by atoms with E-state index in [9.17, 15) is 14.9 Å². The standard InChI is InChI=1S/C18H21N3O4/c1-24-16-9-12(6-7-15(16)25-11-17(20)22)8-13(10-19)18(23)21-14-4-2-3-5-14/h6-9,14H,2-5,11H2,1H3,(H2,20,22)(H,21,23)/b13-8-. The maximum atomic E-state index is 12.2. The van der Waals surface area contributed by atoms with Crippen molar-refractivity contribution in [3.63, 3.8) is 0 Å². The number of carbonyl (C=O) groups is 2. The normalized spacial score (nSPS) is 14.6. The van der Waals surface area contributed by atoms with Crippen LogP contribution >= 0.6 is 0 Å². The molecule has 1 aromatic rings. The van der Waals surface area contributed by atoms with Gasteiger partial charge in [0.05, 0.1) is 7.11 Å². The first-order valence-corrected chi connectivity index (χ1v) is 8.05. The van der Waals surface area contributed by atoms with Gasteiger partial charge >= 0.3 is 0 Å². The molecule has 2 amide bonds. The molecule has 1 fully saturated rings. The highest BCUT2D eigenvalue weighted by molar-refractivity contribution is 6.01. The third kappa shape index (κ3) is 5.24. The van der Waals surface area contributed by atoms with Crippen LogP contribution in [-0.2, 0) is 9.59 Å². The average Bonchev–Trinajstić information content (AvgIpc) is 3.10. The Kier molecular flexibility index (Phi) is 6.40. The van der Waals surface area contributed by atoms with Gasteiger partial charge in [0.15, 0.2) is 18.1 Å². The van der Waals surface area contributed by atoms with E-state index < -0.39 is 5.91 Å². The van der Waals surface area contributed by atoms with Crippen LogP contribution in [0, 0.1) is 11.3 Å². The van der Waals surface area contributed by atoms with Crippen LogP contribution in [0.3, 0.4) is 0 Å². The summed E-state index contributed by atoms with van der Waals surface area (Å²) in [7, 11) is 1.46. The number of nitrogens with zero attached hydrogens (tertiary/aromatic N) is 1. The van der Waals surface area contributed by atoms with E-state index >= 15 is 0 Å². The predicted molar refractivity (Wildman–Crippen MR) is 91.7 cm³/mol. The largest absolute Gasteiger partial charge is 0.493 e. The van der Waals surface area contributed by atoms with Gasteiger partial charge in [-0.3, -0.25) is 9.59 Å². The van der Waals surface area contributed by atoms with Gasteiger partial charge in [-0.15, -0.1) is 0 Å². The molecule has 1 saturated carbocycles. The molecule has 1 aromatic carbocycles. The molecular formula is C18H21N3O4. The Hall–Kier alpha value is -3.01. The van der Waals surface area contributed by atoms with E-state index in [1.54, 1.807) is 18.2 Å². The fourth-order valence-electron chi connectivity index (χ4n) is 2.69. The lowest BCUT2D eigenvalue weighted by Crippen LogP contribution is -2.33. The molecule has 7 heteroatoms. The third-order valence-electron chi connectivity index (χ3n) is 3.92.